The predicted molar refractivity (Wildman–Crippen MR) is 95.2 cm³/mol. The molecule has 4 rings (SSSR count). The Hall–Kier alpha value is -2.18. The molecule has 6 heteroatoms. The van der Waals surface area contributed by atoms with Gasteiger partial charge in [0.2, 0.25) is 5.89 Å². The van der Waals surface area contributed by atoms with E-state index in [9.17, 15) is 0 Å². The minimum absolute atomic E-state index is 0.469. The molecule has 0 radical (unpaired) electrons. The van der Waals surface area contributed by atoms with Crippen molar-refractivity contribution >= 4 is 10.9 Å². The van der Waals surface area contributed by atoms with Crippen molar-refractivity contribution in [2.75, 3.05) is 26.3 Å². The van der Waals surface area contributed by atoms with Crippen LogP contribution in [0.4, 0.5) is 0 Å². The number of hydrogen-bond acceptors (Lipinski definition) is 5. The molecule has 0 spiro atoms. The highest BCUT2D eigenvalue weighted by molar-refractivity contribution is 5.80. The van der Waals surface area contributed by atoms with Gasteiger partial charge < -0.3 is 13.8 Å². The lowest BCUT2D eigenvalue weighted by Crippen LogP contribution is -2.30. The van der Waals surface area contributed by atoms with Crippen molar-refractivity contribution in [3.05, 3.63) is 47.7 Å². The van der Waals surface area contributed by atoms with Gasteiger partial charge in [-0.25, -0.2) is 0 Å². The maximum atomic E-state index is 5.83. The summed E-state index contributed by atoms with van der Waals surface area (Å²) in [6.07, 6.45) is 3.13. The summed E-state index contributed by atoms with van der Waals surface area (Å²) >= 11 is 0. The molecule has 1 aromatic carbocycles. The van der Waals surface area contributed by atoms with Crippen LogP contribution in [-0.2, 0) is 24.8 Å². The van der Waals surface area contributed by atoms with E-state index in [-0.39, 0.29) is 0 Å². The second kappa shape index (κ2) is 6.98. The Morgan fingerprint density at radius 3 is 3.04 bits per heavy atom. The van der Waals surface area contributed by atoms with Crippen LogP contribution in [0.2, 0.25) is 0 Å². The van der Waals surface area contributed by atoms with Crippen molar-refractivity contribution in [3.63, 3.8) is 0 Å². The largest absolute Gasteiger partial charge is 0.380 e. The van der Waals surface area contributed by atoms with Crippen LogP contribution in [0.15, 0.2) is 35.0 Å². The van der Waals surface area contributed by atoms with E-state index in [1.807, 2.05) is 6.92 Å². The summed E-state index contributed by atoms with van der Waals surface area (Å²) in [6.45, 7) is 5.99. The van der Waals surface area contributed by atoms with Crippen LogP contribution in [0.5, 0.6) is 0 Å². The molecule has 0 N–H and O–H groups in total. The van der Waals surface area contributed by atoms with E-state index in [0.29, 0.717) is 11.8 Å². The van der Waals surface area contributed by atoms with E-state index in [1.54, 1.807) is 0 Å². The standard InChI is InChI=1S/C19H24N4O2/c1-14-20-19(21-25-14)12-23-7-8-24-13-16(11-23)9-15-3-4-18-17(10-15)5-6-22(18)2/h3-6,10,16H,7-9,11-13H2,1-2H3. The summed E-state index contributed by atoms with van der Waals surface area (Å²) < 4.78 is 13.1. The molecule has 132 valence electrons. The van der Waals surface area contributed by atoms with E-state index in [4.69, 9.17) is 9.26 Å². The highest BCUT2D eigenvalue weighted by atomic mass is 16.5. The molecule has 6 nitrogen and oxygen atoms in total. The molecule has 1 aliphatic heterocycles. The number of nitrogens with zero attached hydrogens (tertiary/aromatic N) is 4. The molecule has 3 heterocycles. The number of aromatic nitrogens is 3. The normalized spacial score (nSPS) is 19.4. The first-order valence-corrected chi connectivity index (χ1v) is 8.80. The van der Waals surface area contributed by atoms with E-state index in [2.05, 4.69) is 57.1 Å². The maximum Gasteiger partial charge on any atom is 0.223 e. The van der Waals surface area contributed by atoms with E-state index >= 15 is 0 Å². The molecule has 1 unspecified atom stereocenters. The number of rotatable bonds is 4. The SMILES string of the molecule is Cc1nc(CN2CCOCC(Cc3ccc4c(ccn4C)c3)C2)no1. The van der Waals surface area contributed by atoms with Crippen molar-refractivity contribution in [3.8, 4) is 0 Å². The van der Waals surface area contributed by atoms with Crippen LogP contribution in [0, 0.1) is 12.8 Å². The van der Waals surface area contributed by atoms with Crippen molar-refractivity contribution < 1.29 is 9.26 Å². The van der Waals surface area contributed by atoms with Gasteiger partial charge in [0.05, 0.1) is 19.8 Å². The predicted octanol–water partition coefficient (Wildman–Crippen LogP) is 2.56. The number of benzene rings is 1. The second-order valence-electron chi connectivity index (χ2n) is 6.93. The lowest BCUT2D eigenvalue weighted by molar-refractivity contribution is 0.121. The molecule has 0 amide bonds. The van der Waals surface area contributed by atoms with Crippen molar-refractivity contribution in [1.82, 2.24) is 19.6 Å². The first-order chi connectivity index (χ1) is 12.2. The summed E-state index contributed by atoms with van der Waals surface area (Å²) in [6, 6.07) is 8.92. The van der Waals surface area contributed by atoms with Gasteiger partial charge >= 0.3 is 0 Å². The Bertz CT molecular complexity index is 854. The zero-order valence-corrected chi connectivity index (χ0v) is 14.8. The Morgan fingerprint density at radius 2 is 2.20 bits per heavy atom. The molecular formula is C19H24N4O2. The number of hydrogen-bond donors (Lipinski definition) is 0. The fourth-order valence-corrected chi connectivity index (χ4v) is 3.62. The van der Waals surface area contributed by atoms with Gasteiger partial charge in [0, 0.05) is 38.8 Å². The Labute approximate surface area is 147 Å². The molecule has 0 bridgehead atoms. The van der Waals surface area contributed by atoms with Gasteiger partial charge in [0.1, 0.15) is 0 Å². The summed E-state index contributed by atoms with van der Waals surface area (Å²) in [4.78, 5) is 6.68. The number of aryl methyl sites for hydroxylation is 2. The van der Waals surface area contributed by atoms with E-state index in [1.165, 1.54) is 16.5 Å². The van der Waals surface area contributed by atoms with E-state index in [0.717, 1.165) is 45.1 Å². The summed E-state index contributed by atoms with van der Waals surface area (Å²) in [5.74, 6) is 1.84. The molecule has 1 atom stereocenters. The molecule has 0 saturated carbocycles. The smallest absolute Gasteiger partial charge is 0.223 e. The maximum absolute atomic E-state index is 5.83. The van der Waals surface area contributed by atoms with Crippen molar-refractivity contribution in [2.24, 2.45) is 13.0 Å². The third-order valence-corrected chi connectivity index (χ3v) is 4.83. The van der Waals surface area contributed by atoms with Gasteiger partial charge in [0.15, 0.2) is 5.82 Å². The summed E-state index contributed by atoms with van der Waals surface area (Å²) in [5.41, 5.74) is 2.64. The van der Waals surface area contributed by atoms with Gasteiger partial charge in [-0.15, -0.1) is 0 Å². The highest BCUT2D eigenvalue weighted by Gasteiger charge is 2.21. The minimum atomic E-state index is 0.469. The van der Waals surface area contributed by atoms with Crippen molar-refractivity contribution in [2.45, 2.75) is 19.9 Å². The monoisotopic (exact) mass is 340 g/mol. The van der Waals surface area contributed by atoms with Crippen LogP contribution >= 0.6 is 0 Å². The number of ether oxygens (including phenoxy) is 1. The summed E-state index contributed by atoms with van der Waals surface area (Å²) in [5, 5.41) is 5.31. The van der Waals surface area contributed by atoms with Crippen LogP contribution in [0.25, 0.3) is 10.9 Å². The average molecular weight is 340 g/mol. The molecule has 0 aliphatic carbocycles. The van der Waals surface area contributed by atoms with Crippen LogP contribution < -0.4 is 0 Å². The van der Waals surface area contributed by atoms with Gasteiger partial charge in [-0.1, -0.05) is 11.2 Å². The second-order valence-corrected chi connectivity index (χ2v) is 6.93. The molecule has 3 aromatic rings. The number of fused-ring (bicyclic) bond motifs is 1. The van der Waals surface area contributed by atoms with Crippen LogP contribution in [0.3, 0.4) is 0 Å². The zero-order valence-electron chi connectivity index (χ0n) is 14.8. The van der Waals surface area contributed by atoms with Crippen LogP contribution in [0.1, 0.15) is 17.3 Å². The fourth-order valence-electron chi connectivity index (χ4n) is 3.62. The highest BCUT2D eigenvalue weighted by Crippen LogP contribution is 2.20. The molecule has 2 aromatic heterocycles. The van der Waals surface area contributed by atoms with Gasteiger partial charge in [-0.05, 0) is 41.5 Å². The zero-order chi connectivity index (χ0) is 17.2. The topological polar surface area (TPSA) is 56.3 Å². The average Bonchev–Trinajstić information content (AvgIpc) is 3.09. The lowest BCUT2D eigenvalue weighted by atomic mass is 9.98. The first kappa shape index (κ1) is 16.3. The molecule has 25 heavy (non-hydrogen) atoms. The third-order valence-electron chi connectivity index (χ3n) is 4.83. The van der Waals surface area contributed by atoms with Gasteiger partial charge in [0.25, 0.3) is 0 Å². The molecule has 1 aliphatic rings. The van der Waals surface area contributed by atoms with Crippen LogP contribution in [-0.4, -0.2) is 45.9 Å². The Kier molecular flexibility index (Phi) is 4.55. The van der Waals surface area contributed by atoms with Gasteiger partial charge in [-0.3, -0.25) is 4.90 Å². The first-order valence-electron chi connectivity index (χ1n) is 8.80. The molecular weight excluding hydrogens is 316 g/mol. The quantitative estimate of drug-likeness (QED) is 0.731. The summed E-state index contributed by atoms with van der Waals surface area (Å²) in [7, 11) is 2.08. The third kappa shape index (κ3) is 3.75. The lowest BCUT2D eigenvalue weighted by Gasteiger charge is -2.22. The molecule has 1 saturated heterocycles. The fraction of sp³-hybridized carbons (Fsp3) is 0.474. The van der Waals surface area contributed by atoms with E-state index < -0.39 is 0 Å². The minimum Gasteiger partial charge on any atom is -0.380 e. The van der Waals surface area contributed by atoms with Crippen molar-refractivity contribution in [1.29, 1.82) is 0 Å². The molecule has 1 fully saturated rings. The Balaban J connectivity index is 1.44. The van der Waals surface area contributed by atoms with Gasteiger partial charge in [-0.2, -0.15) is 4.98 Å². The Morgan fingerprint density at radius 1 is 1.28 bits per heavy atom.